The molecule has 0 atom stereocenters. The van der Waals surface area contributed by atoms with E-state index in [-0.39, 0.29) is 0 Å². The highest BCUT2D eigenvalue weighted by atomic mass is 79.9. The fraction of sp³-hybridized carbons (Fsp3) is 0.0769. The molecule has 1 N–H and O–H groups in total. The molecular weight excluding hydrogens is 314 g/mol. The Kier molecular flexibility index (Phi) is 4.19. The molecule has 1 aromatic carbocycles. The number of anilines is 1. The third-order valence-electron chi connectivity index (χ3n) is 2.40. The van der Waals surface area contributed by atoms with Crippen molar-refractivity contribution in [1.82, 2.24) is 4.98 Å². The summed E-state index contributed by atoms with van der Waals surface area (Å²) < 4.78 is 0.928. The maximum Gasteiger partial charge on any atom is 0.145 e. The number of nitrogens with zero attached hydrogens (tertiary/aromatic N) is 2. The normalized spacial score (nSPS) is 9.83. The Bertz CT molecular complexity index is 607. The van der Waals surface area contributed by atoms with Gasteiger partial charge >= 0.3 is 0 Å². The van der Waals surface area contributed by atoms with Crippen molar-refractivity contribution in [2.75, 3.05) is 5.32 Å². The maximum atomic E-state index is 8.93. The summed E-state index contributed by atoms with van der Waals surface area (Å²) in [5, 5.41) is 12.8. The first-order valence-electron chi connectivity index (χ1n) is 5.23. The van der Waals surface area contributed by atoms with Crippen LogP contribution in [0.4, 0.5) is 5.69 Å². The van der Waals surface area contributed by atoms with Gasteiger partial charge in [0.1, 0.15) is 11.8 Å². The largest absolute Gasteiger partial charge is 0.380 e. The Balaban J connectivity index is 2.14. The summed E-state index contributed by atoms with van der Waals surface area (Å²) in [6, 6.07) is 11.3. The highest BCUT2D eigenvalue weighted by Crippen LogP contribution is 2.26. The first-order valence-corrected chi connectivity index (χ1v) is 6.40. The Hall–Kier alpha value is -1.57. The Morgan fingerprint density at radius 2 is 2.22 bits per heavy atom. The lowest BCUT2D eigenvalue weighted by molar-refractivity contribution is 1.09. The summed E-state index contributed by atoms with van der Waals surface area (Å²) >= 11 is 9.45. The highest BCUT2D eigenvalue weighted by Gasteiger charge is 2.04. The maximum absolute atomic E-state index is 8.93. The molecule has 0 amide bonds. The van der Waals surface area contributed by atoms with Crippen LogP contribution in [-0.2, 0) is 6.54 Å². The number of aromatic nitrogens is 1. The molecule has 0 fully saturated rings. The molecule has 0 unspecified atom stereocenters. The Morgan fingerprint density at radius 1 is 1.39 bits per heavy atom. The van der Waals surface area contributed by atoms with Crippen LogP contribution < -0.4 is 5.32 Å². The number of nitriles is 1. The van der Waals surface area contributed by atoms with Crippen molar-refractivity contribution in [2.24, 2.45) is 0 Å². The van der Waals surface area contributed by atoms with Crippen LogP contribution in [0, 0.1) is 11.3 Å². The van der Waals surface area contributed by atoms with E-state index in [1.807, 2.05) is 24.3 Å². The van der Waals surface area contributed by atoms with Crippen LogP contribution in [-0.4, -0.2) is 4.98 Å². The van der Waals surface area contributed by atoms with E-state index < -0.39 is 0 Å². The van der Waals surface area contributed by atoms with Crippen LogP contribution >= 0.6 is 27.5 Å². The fourth-order valence-electron chi connectivity index (χ4n) is 1.51. The Morgan fingerprint density at radius 3 is 2.94 bits per heavy atom. The molecule has 0 saturated heterocycles. The minimum absolute atomic E-state index is 0.429. The number of pyridine rings is 1. The number of nitrogens with one attached hydrogen (secondary N) is 1. The van der Waals surface area contributed by atoms with Crippen molar-refractivity contribution < 1.29 is 0 Å². The lowest BCUT2D eigenvalue weighted by Crippen LogP contribution is -2.03. The summed E-state index contributed by atoms with van der Waals surface area (Å²) in [6.07, 6.45) is 1.61. The molecule has 3 nitrogen and oxygen atoms in total. The second-order valence-electron chi connectivity index (χ2n) is 3.60. The van der Waals surface area contributed by atoms with Crippen LogP contribution in [0.5, 0.6) is 0 Å². The second-order valence-corrected chi connectivity index (χ2v) is 4.92. The molecule has 0 saturated carbocycles. The average molecular weight is 323 g/mol. The molecule has 0 spiro atoms. The van der Waals surface area contributed by atoms with Gasteiger partial charge in [-0.1, -0.05) is 33.6 Å². The minimum atomic E-state index is 0.429. The van der Waals surface area contributed by atoms with Crippen LogP contribution in [0.25, 0.3) is 0 Å². The zero-order chi connectivity index (χ0) is 13.0. The van der Waals surface area contributed by atoms with Gasteiger partial charge in [0.15, 0.2) is 0 Å². The molecule has 1 heterocycles. The SMILES string of the molecule is N#Cc1ncccc1CNc1ccc(Br)cc1Cl. The van der Waals surface area contributed by atoms with Crippen molar-refractivity contribution in [2.45, 2.75) is 6.54 Å². The summed E-state index contributed by atoms with van der Waals surface area (Å²) in [4.78, 5) is 4.00. The third kappa shape index (κ3) is 3.00. The van der Waals surface area contributed by atoms with Gasteiger partial charge in [-0.15, -0.1) is 0 Å². The van der Waals surface area contributed by atoms with E-state index in [1.54, 1.807) is 12.3 Å². The van der Waals surface area contributed by atoms with Gasteiger partial charge in [-0.25, -0.2) is 4.98 Å². The van der Waals surface area contributed by atoms with Gasteiger partial charge in [-0.3, -0.25) is 0 Å². The number of hydrogen-bond donors (Lipinski definition) is 1. The zero-order valence-corrected chi connectivity index (χ0v) is 11.7. The molecule has 5 heteroatoms. The molecule has 0 aliphatic carbocycles. The van der Waals surface area contributed by atoms with E-state index in [2.05, 4.69) is 32.3 Å². The molecule has 1 aromatic heterocycles. The first kappa shape index (κ1) is 12.9. The summed E-state index contributed by atoms with van der Waals surface area (Å²) in [5.74, 6) is 0. The molecule has 2 aromatic rings. The lowest BCUT2D eigenvalue weighted by atomic mass is 10.2. The lowest BCUT2D eigenvalue weighted by Gasteiger charge is -2.09. The molecule has 90 valence electrons. The van der Waals surface area contributed by atoms with E-state index in [0.29, 0.717) is 17.3 Å². The minimum Gasteiger partial charge on any atom is -0.380 e. The van der Waals surface area contributed by atoms with Gasteiger partial charge < -0.3 is 5.32 Å². The smallest absolute Gasteiger partial charge is 0.145 e. The topological polar surface area (TPSA) is 48.7 Å². The molecular formula is C13H9BrClN3. The molecule has 0 aliphatic heterocycles. The highest BCUT2D eigenvalue weighted by molar-refractivity contribution is 9.10. The fourth-order valence-corrected chi connectivity index (χ4v) is 2.25. The van der Waals surface area contributed by atoms with Gasteiger partial charge in [0.2, 0.25) is 0 Å². The van der Waals surface area contributed by atoms with Crippen LogP contribution in [0.2, 0.25) is 5.02 Å². The predicted octanol–water partition coefficient (Wildman–Crippen LogP) is 3.98. The summed E-state index contributed by atoms with van der Waals surface area (Å²) in [6.45, 7) is 0.512. The number of hydrogen-bond acceptors (Lipinski definition) is 3. The van der Waals surface area contributed by atoms with Gasteiger partial charge in [0.05, 0.1) is 10.7 Å². The average Bonchev–Trinajstić information content (AvgIpc) is 2.38. The third-order valence-corrected chi connectivity index (χ3v) is 3.20. The second kappa shape index (κ2) is 5.85. The Labute approximate surface area is 119 Å². The van der Waals surface area contributed by atoms with Gasteiger partial charge in [-0.05, 0) is 24.3 Å². The van der Waals surface area contributed by atoms with Crippen molar-refractivity contribution in [3.05, 3.63) is 57.3 Å². The summed E-state index contributed by atoms with van der Waals surface area (Å²) in [7, 11) is 0. The van der Waals surface area contributed by atoms with Crippen molar-refractivity contribution in [3.63, 3.8) is 0 Å². The monoisotopic (exact) mass is 321 g/mol. The van der Waals surface area contributed by atoms with E-state index in [9.17, 15) is 0 Å². The van der Waals surface area contributed by atoms with Crippen LogP contribution in [0.15, 0.2) is 41.0 Å². The molecule has 2 rings (SSSR count). The van der Waals surface area contributed by atoms with E-state index >= 15 is 0 Å². The van der Waals surface area contributed by atoms with Gasteiger partial charge in [0.25, 0.3) is 0 Å². The zero-order valence-electron chi connectivity index (χ0n) is 9.32. The van der Waals surface area contributed by atoms with Gasteiger partial charge in [0, 0.05) is 22.8 Å². The molecule has 0 radical (unpaired) electrons. The molecule has 0 aliphatic rings. The summed E-state index contributed by atoms with van der Waals surface area (Å²) in [5.41, 5.74) is 2.10. The van der Waals surface area contributed by atoms with E-state index in [4.69, 9.17) is 16.9 Å². The van der Waals surface area contributed by atoms with Crippen molar-refractivity contribution in [3.8, 4) is 6.07 Å². The predicted molar refractivity (Wildman–Crippen MR) is 75.4 cm³/mol. The van der Waals surface area contributed by atoms with Gasteiger partial charge in [-0.2, -0.15) is 5.26 Å². The van der Waals surface area contributed by atoms with Crippen molar-refractivity contribution >= 4 is 33.2 Å². The van der Waals surface area contributed by atoms with E-state index in [0.717, 1.165) is 15.7 Å². The van der Waals surface area contributed by atoms with Crippen LogP contribution in [0.3, 0.4) is 0 Å². The standard InChI is InChI=1S/C13H9BrClN3/c14-10-3-4-12(11(15)6-10)18-8-9-2-1-5-17-13(9)7-16/h1-6,18H,8H2. The number of halogens is 2. The molecule has 0 bridgehead atoms. The molecule has 18 heavy (non-hydrogen) atoms. The van der Waals surface area contributed by atoms with E-state index in [1.165, 1.54) is 0 Å². The first-order chi connectivity index (χ1) is 8.70. The van der Waals surface area contributed by atoms with Crippen LogP contribution in [0.1, 0.15) is 11.3 Å². The number of benzene rings is 1. The van der Waals surface area contributed by atoms with Crippen molar-refractivity contribution in [1.29, 1.82) is 5.26 Å². The quantitative estimate of drug-likeness (QED) is 0.930. The number of rotatable bonds is 3.